The zero-order chi connectivity index (χ0) is 27.7. The van der Waals surface area contributed by atoms with Gasteiger partial charge in [0.15, 0.2) is 5.82 Å². The third kappa shape index (κ3) is 6.24. The molecule has 1 saturated heterocycles. The number of nitriles is 1. The number of nitrogens with zero attached hydrogens (tertiary/aromatic N) is 6. The first-order chi connectivity index (χ1) is 17.9. The van der Waals surface area contributed by atoms with Gasteiger partial charge in [-0.05, 0) is 80.1 Å². The molecular formula is C26H31BrN8O2S. The van der Waals surface area contributed by atoms with E-state index >= 15 is 0 Å². The molecule has 2 heterocycles. The van der Waals surface area contributed by atoms with Crippen molar-refractivity contribution in [3.8, 4) is 6.07 Å². The summed E-state index contributed by atoms with van der Waals surface area (Å²) in [4.78, 5) is 15.5. The number of nitrogens with one attached hydrogen (secondary N) is 1. The Kier molecular flexibility index (Phi) is 7.94. The third-order valence-corrected chi connectivity index (χ3v) is 7.81. The second kappa shape index (κ2) is 10.9. The van der Waals surface area contributed by atoms with Crippen molar-refractivity contribution in [2.75, 3.05) is 48.3 Å². The van der Waals surface area contributed by atoms with Crippen LogP contribution >= 0.6 is 15.9 Å². The van der Waals surface area contributed by atoms with Gasteiger partial charge in [-0.2, -0.15) is 10.2 Å². The number of rotatable bonds is 6. The fraction of sp³-hybridized carbons (Fsp3) is 0.346. The highest BCUT2D eigenvalue weighted by atomic mass is 79.9. The van der Waals surface area contributed by atoms with Crippen molar-refractivity contribution < 1.29 is 8.42 Å². The predicted octanol–water partition coefficient (Wildman–Crippen LogP) is 4.19. The van der Waals surface area contributed by atoms with Crippen LogP contribution in [-0.4, -0.2) is 62.1 Å². The molecule has 3 aromatic rings. The molecule has 0 unspecified atom stereocenters. The number of hydrogen-bond acceptors (Lipinski definition) is 9. The number of likely N-dealkylation sites (N-methyl/N-ethyl adjacent to an activating group) is 1. The normalized spacial score (nSPS) is 14.7. The minimum atomic E-state index is -3.92. The summed E-state index contributed by atoms with van der Waals surface area (Å²) in [6.45, 7) is 9.80. The summed E-state index contributed by atoms with van der Waals surface area (Å²) < 4.78 is 24.9. The summed E-state index contributed by atoms with van der Waals surface area (Å²) in [7, 11) is -1.79. The van der Waals surface area contributed by atoms with E-state index in [0.29, 0.717) is 17.5 Å². The minimum absolute atomic E-state index is 0.0282. The molecule has 0 radical (unpaired) electrons. The maximum Gasteiger partial charge on any atom is 0.238 e. The smallest absolute Gasteiger partial charge is 0.238 e. The van der Waals surface area contributed by atoms with Crippen LogP contribution in [0.1, 0.15) is 26.3 Å². The van der Waals surface area contributed by atoms with Crippen molar-refractivity contribution in [2.45, 2.75) is 31.2 Å². The molecule has 0 aliphatic carbocycles. The second-order valence-corrected chi connectivity index (χ2v) is 12.6. The Morgan fingerprint density at radius 3 is 2.45 bits per heavy atom. The lowest BCUT2D eigenvalue weighted by atomic mass is 10.0. The van der Waals surface area contributed by atoms with Crippen LogP contribution in [0.2, 0.25) is 0 Å². The van der Waals surface area contributed by atoms with Crippen LogP contribution < -0.4 is 20.3 Å². The topological polar surface area (TPSA) is 131 Å². The summed E-state index contributed by atoms with van der Waals surface area (Å²) >= 11 is 3.67. The van der Waals surface area contributed by atoms with Crippen LogP contribution in [0.15, 0.2) is 58.0 Å². The van der Waals surface area contributed by atoms with E-state index < -0.39 is 15.6 Å². The molecule has 1 aliphatic heterocycles. The molecule has 200 valence electrons. The first-order valence-corrected chi connectivity index (χ1v) is 14.4. The third-order valence-electron chi connectivity index (χ3n) is 6.24. The minimum Gasteiger partial charge on any atom is -0.369 e. The van der Waals surface area contributed by atoms with E-state index in [1.165, 1.54) is 18.3 Å². The molecule has 12 heteroatoms. The fourth-order valence-electron chi connectivity index (χ4n) is 4.30. The summed E-state index contributed by atoms with van der Waals surface area (Å²) in [6, 6.07) is 14.5. The van der Waals surface area contributed by atoms with Crippen LogP contribution in [0.4, 0.5) is 28.8 Å². The maximum atomic E-state index is 12.0. The molecule has 4 rings (SSSR count). The van der Waals surface area contributed by atoms with Crippen LogP contribution in [0.5, 0.6) is 0 Å². The summed E-state index contributed by atoms with van der Waals surface area (Å²) in [6.07, 6.45) is 1.46. The van der Waals surface area contributed by atoms with Gasteiger partial charge >= 0.3 is 0 Å². The molecule has 0 bridgehead atoms. The Labute approximate surface area is 232 Å². The van der Waals surface area contributed by atoms with Crippen molar-refractivity contribution in [1.29, 1.82) is 5.26 Å². The number of aromatic nitrogens is 2. The number of piperazine rings is 1. The Morgan fingerprint density at radius 2 is 1.84 bits per heavy atom. The quantitative estimate of drug-likeness (QED) is 0.428. The number of nitrogens with two attached hydrogens (primary N) is 1. The number of halogens is 1. The number of anilines is 5. The van der Waals surface area contributed by atoms with E-state index in [1.807, 2.05) is 26.8 Å². The van der Waals surface area contributed by atoms with Gasteiger partial charge in [0.1, 0.15) is 11.6 Å². The molecular weight excluding hydrogens is 568 g/mol. The number of primary sulfonamides is 1. The van der Waals surface area contributed by atoms with Gasteiger partial charge in [-0.25, -0.2) is 18.5 Å². The van der Waals surface area contributed by atoms with Crippen molar-refractivity contribution >= 4 is 54.8 Å². The lowest BCUT2D eigenvalue weighted by Crippen LogP contribution is -2.44. The molecule has 0 saturated carbocycles. The molecule has 10 nitrogen and oxygen atoms in total. The van der Waals surface area contributed by atoms with Gasteiger partial charge in [-0.3, -0.25) is 0 Å². The molecule has 38 heavy (non-hydrogen) atoms. The zero-order valence-electron chi connectivity index (χ0n) is 21.8. The Bertz CT molecular complexity index is 1480. The van der Waals surface area contributed by atoms with Crippen LogP contribution in [-0.2, 0) is 10.0 Å². The van der Waals surface area contributed by atoms with E-state index in [-0.39, 0.29) is 10.5 Å². The maximum absolute atomic E-state index is 12.0. The highest BCUT2D eigenvalue weighted by Gasteiger charge is 2.29. The average molecular weight is 600 g/mol. The van der Waals surface area contributed by atoms with E-state index in [4.69, 9.17) is 10.1 Å². The van der Waals surface area contributed by atoms with E-state index in [9.17, 15) is 13.7 Å². The van der Waals surface area contributed by atoms with Crippen LogP contribution in [0.3, 0.4) is 0 Å². The molecule has 3 N–H and O–H groups in total. The van der Waals surface area contributed by atoms with Crippen molar-refractivity contribution in [3.63, 3.8) is 0 Å². The number of sulfonamides is 1. The summed E-state index contributed by atoms with van der Waals surface area (Å²) in [5.74, 6) is 0.637. The highest BCUT2D eigenvalue weighted by molar-refractivity contribution is 9.10. The number of hydrogen-bond donors (Lipinski definition) is 2. The Balaban J connectivity index is 1.69. The van der Waals surface area contributed by atoms with Gasteiger partial charge in [0, 0.05) is 47.6 Å². The van der Waals surface area contributed by atoms with Gasteiger partial charge in [0.25, 0.3) is 0 Å². The molecule has 0 spiro atoms. The molecule has 0 atom stereocenters. The lowest BCUT2D eigenvalue weighted by Gasteiger charge is -2.37. The molecule has 1 aromatic heterocycles. The first kappa shape index (κ1) is 27.8. The van der Waals surface area contributed by atoms with E-state index in [2.05, 4.69) is 61.3 Å². The second-order valence-electron chi connectivity index (χ2n) is 10.2. The fourth-order valence-corrected chi connectivity index (χ4v) is 5.32. The zero-order valence-corrected chi connectivity index (χ0v) is 24.2. The standard InChI is InChI=1S/C26H31BrN8O2S/c1-26(2,3)35(20-6-5-7-21(14-20)38(29,36)37)24-18(16-28)17-30-25(32-24)31-23-9-8-19(15-22(23)27)34-12-10-33(4)11-13-34/h5-9,14-15,17H,10-13H2,1-4H3,(H2,29,36,37)(H,30,31,32). The van der Waals surface area contributed by atoms with Gasteiger partial charge in [0.2, 0.25) is 16.0 Å². The predicted molar refractivity (Wildman–Crippen MR) is 154 cm³/mol. The monoisotopic (exact) mass is 598 g/mol. The number of benzene rings is 2. The molecule has 2 aromatic carbocycles. The SMILES string of the molecule is CN1CCN(c2ccc(Nc3ncc(C#N)c(N(c4cccc(S(N)(=O)=O)c4)C(C)(C)C)n3)c(Br)c2)CC1. The van der Waals surface area contributed by atoms with Crippen molar-refractivity contribution in [2.24, 2.45) is 5.14 Å². The van der Waals surface area contributed by atoms with Gasteiger partial charge in [0.05, 0.1) is 16.8 Å². The van der Waals surface area contributed by atoms with E-state index in [0.717, 1.165) is 42.0 Å². The Hall–Kier alpha value is -3.24. The van der Waals surface area contributed by atoms with Gasteiger partial charge in [-0.1, -0.05) is 6.07 Å². The van der Waals surface area contributed by atoms with E-state index in [1.54, 1.807) is 17.0 Å². The molecule has 0 amide bonds. The first-order valence-electron chi connectivity index (χ1n) is 12.1. The largest absolute Gasteiger partial charge is 0.369 e. The van der Waals surface area contributed by atoms with Crippen LogP contribution in [0, 0.1) is 11.3 Å². The van der Waals surface area contributed by atoms with Crippen LogP contribution in [0.25, 0.3) is 0 Å². The molecule has 1 fully saturated rings. The average Bonchev–Trinajstić information content (AvgIpc) is 2.85. The lowest BCUT2D eigenvalue weighted by molar-refractivity contribution is 0.313. The summed E-state index contributed by atoms with van der Waals surface area (Å²) in [5, 5.41) is 18.5. The molecule has 1 aliphatic rings. The Morgan fingerprint density at radius 1 is 1.13 bits per heavy atom. The van der Waals surface area contributed by atoms with Gasteiger partial charge < -0.3 is 20.0 Å². The summed E-state index contributed by atoms with van der Waals surface area (Å²) in [5.41, 5.74) is 2.11. The highest BCUT2D eigenvalue weighted by Crippen LogP contribution is 2.36. The van der Waals surface area contributed by atoms with Crippen molar-refractivity contribution in [1.82, 2.24) is 14.9 Å². The van der Waals surface area contributed by atoms with Gasteiger partial charge in [-0.15, -0.1) is 0 Å². The van der Waals surface area contributed by atoms with Crippen molar-refractivity contribution in [3.05, 3.63) is 58.7 Å².